The third kappa shape index (κ3) is 1.81. The van der Waals surface area contributed by atoms with E-state index in [9.17, 15) is 0 Å². The van der Waals surface area contributed by atoms with Crippen molar-refractivity contribution in [1.29, 1.82) is 0 Å². The van der Waals surface area contributed by atoms with Gasteiger partial charge in [-0.25, -0.2) is 15.0 Å². The van der Waals surface area contributed by atoms with Gasteiger partial charge in [-0.15, -0.1) is 12.4 Å². The van der Waals surface area contributed by atoms with E-state index >= 15 is 0 Å². The van der Waals surface area contributed by atoms with Crippen molar-refractivity contribution < 1.29 is 0 Å². The average molecular weight is 233 g/mol. The van der Waals surface area contributed by atoms with Crippen LogP contribution in [0, 0.1) is 0 Å². The minimum atomic E-state index is 0. The van der Waals surface area contributed by atoms with Gasteiger partial charge in [-0.3, -0.25) is 0 Å². The summed E-state index contributed by atoms with van der Waals surface area (Å²) in [6.45, 7) is 3.01. The fraction of sp³-hybridized carbons (Fsp3) is 0.375. The van der Waals surface area contributed by atoms with Crippen molar-refractivity contribution in [2.24, 2.45) is 0 Å². The fourth-order valence-corrected chi connectivity index (χ4v) is 1.43. The van der Waals surface area contributed by atoms with Gasteiger partial charge in [0.15, 0.2) is 10.8 Å². The molecule has 2 aromatic heterocycles. The first-order valence-electron chi connectivity index (χ1n) is 4.14. The molecule has 0 unspecified atom stereocenters. The molecule has 0 atom stereocenters. The van der Waals surface area contributed by atoms with E-state index in [-0.39, 0.29) is 12.4 Å². The average Bonchev–Trinajstić information content (AvgIpc) is 2.51. The molecule has 0 spiro atoms. The number of halogens is 2. The van der Waals surface area contributed by atoms with Crippen LogP contribution >= 0.6 is 24.0 Å². The molecule has 0 radical (unpaired) electrons. The monoisotopic (exact) mass is 232 g/mol. The Kier molecular flexibility index (Phi) is 3.66. The molecule has 2 heterocycles. The number of hydrogen-bond donors (Lipinski definition) is 0. The van der Waals surface area contributed by atoms with Gasteiger partial charge in [0.25, 0.3) is 0 Å². The number of aryl methyl sites for hydroxylation is 1. The molecule has 0 aliphatic heterocycles. The van der Waals surface area contributed by atoms with Crippen LogP contribution in [0.15, 0.2) is 12.7 Å². The number of hydrogen-bond acceptors (Lipinski definition) is 3. The molecular formula is C8H10Cl2N4. The molecule has 2 aromatic rings. The molecular weight excluding hydrogens is 223 g/mol. The quantitative estimate of drug-likeness (QED) is 0.747. The van der Waals surface area contributed by atoms with Crippen molar-refractivity contribution in [3.63, 3.8) is 0 Å². The highest BCUT2D eigenvalue weighted by molar-refractivity contribution is 6.33. The van der Waals surface area contributed by atoms with Gasteiger partial charge in [0.2, 0.25) is 0 Å². The Morgan fingerprint density at radius 3 is 2.86 bits per heavy atom. The molecule has 0 amide bonds. The van der Waals surface area contributed by atoms with E-state index in [1.807, 2.05) is 4.57 Å². The summed E-state index contributed by atoms with van der Waals surface area (Å²) in [6, 6.07) is 0. The van der Waals surface area contributed by atoms with Crippen LogP contribution in [-0.4, -0.2) is 19.5 Å². The Balaban J connectivity index is 0.000000980. The fourth-order valence-electron chi connectivity index (χ4n) is 1.26. The van der Waals surface area contributed by atoms with Crippen LogP contribution in [0.3, 0.4) is 0 Å². The number of fused-ring (bicyclic) bond motifs is 1. The molecule has 0 saturated heterocycles. The highest BCUT2D eigenvalue weighted by Gasteiger charge is 2.06. The maximum absolute atomic E-state index is 5.84. The summed E-state index contributed by atoms with van der Waals surface area (Å²) in [5.41, 5.74) is 1.49. The number of rotatable bonds is 2. The van der Waals surface area contributed by atoms with E-state index in [0.717, 1.165) is 18.6 Å². The lowest BCUT2D eigenvalue weighted by molar-refractivity contribution is 0.691. The zero-order chi connectivity index (χ0) is 9.26. The number of nitrogens with zero attached hydrogens (tertiary/aromatic N) is 4. The van der Waals surface area contributed by atoms with E-state index < -0.39 is 0 Å². The van der Waals surface area contributed by atoms with Crippen molar-refractivity contribution in [1.82, 2.24) is 19.5 Å². The molecule has 4 nitrogen and oxygen atoms in total. The molecule has 6 heteroatoms. The Morgan fingerprint density at radius 2 is 2.14 bits per heavy atom. The smallest absolute Gasteiger partial charge is 0.164 e. The van der Waals surface area contributed by atoms with E-state index in [1.165, 1.54) is 6.33 Å². The van der Waals surface area contributed by atoms with Gasteiger partial charge in [-0.1, -0.05) is 18.5 Å². The first kappa shape index (κ1) is 11.2. The zero-order valence-corrected chi connectivity index (χ0v) is 9.22. The molecule has 76 valence electrons. The Morgan fingerprint density at radius 1 is 1.36 bits per heavy atom. The first-order chi connectivity index (χ1) is 6.33. The largest absolute Gasteiger partial charge is 0.315 e. The van der Waals surface area contributed by atoms with Crippen LogP contribution in [0.2, 0.25) is 5.15 Å². The Hall–Kier alpha value is -0.870. The van der Waals surface area contributed by atoms with Gasteiger partial charge in [-0.2, -0.15) is 0 Å². The summed E-state index contributed by atoms with van der Waals surface area (Å²) in [5, 5.41) is 0.417. The maximum Gasteiger partial charge on any atom is 0.164 e. The zero-order valence-electron chi connectivity index (χ0n) is 7.64. The van der Waals surface area contributed by atoms with E-state index in [1.54, 1.807) is 6.33 Å². The summed E-state index contributed by atoms with van der Waals surface area (Å²) in [7, 11) is 0. The van der Waals surface area contributed by atoms with Gasteiger partial charge >= 0.3 is 0 Å². The summed E-state index contributed by atoms with van der Waals surface area (Å²) < 4.78 is 1.98. The second kappa shape index (κ2) is 4.57. The second-order valence-corrected chi connectivity index (χ2v) is 3.13. The van der Waals surface area contributed by atoms with Gasteiger partial charge in [0.1, 0.15) is 11.8 Å². The molecule has 0 fully saturated rings. The third-order valence-electron chi connectivity index (χ3n) is 1.82. The molecule has 2 rings (SSSR count). The summed E-state index contributed by atoms with van der Waals surface area (Å²) in [6.07, 6.45) is 4.25. The topological polar surface area (TPSA) is 43.6 Å². The van der Waals surface area contributed by atoms with Crippen LogP contribution in [0.5, 0.6) is 0 Å². The lowest BCUT2D eigenvalue weighted by atomic mass is 10.4. The molecule has 0 bridgehead atoms. The maximum atomic E-state index is 5.84. The van der Waals surface area contributed by atoms with Crippen LogP contribution in [0.4, 0.5) is 0 Å². The molecule has 14 heavy (non-hydrogen) atoms. The lowest BCUT2D eigenvalue weighted by Crippen LogP contribution is -1.95. The second-order valence-electron chi connectivity index (χ2n) is 2.77. The first-order valence-corrected chi connectivity index (χ1v) is 4.52. The van der Waals surface area contributed by atoms with Crippen molar-refractivity contribution in [2.75, 3.05) is 0 Å². The van der Waals surface area contributed by atoms with Crippen molar-refractivity contribution in [3.05, 3.63) is 17.8 Å². The predicted molar refractivity (Wildman–Crippen MR) is 57.9 cm³/mol. The van der Waals surface area contributed by atoms with Crippen LogP contribution in [0.25, 0.3) is 11.2 Å². The summed E-state index contributed by atoms with van der Waals surface area (Å²) in [5.74, 6) is 0. The highest BCUT2D eigenvalue weighted by atomic mass is 35.5. The SMILES string of the molecule is CCCn1cnc2c(Cl)ncnc21.Cl. The normalized spacial score (nSPS) is 10.1. The number of imidazole rings is 1. The lowest BCUT2D eigenvalue weighted by Gasteiger charge is -1.98. The standard InChI is InChI=1S/C8H9ClN4.ClH/c1-2-3-13-5-12-6-7(9)10-4-11-8(6)13;/h4-5H,2-3H2,1H3;1H. The van der Waals surface area contributed by atoms with Crippen molar-refractivity contribution >= 4 is 35.2 Å². The van der Waals surface area contributed by atoms with Crippen molar-refractivity contribution in [3.8, 4) is 0 Å². The molecule has 0 saturated carbocycles. The van der Waals surface area contributed by atoms with Crippen molar-refractivity contribution in [2.45, 2.75) is 19.9 Å². The molecule has 0 N–H and O–H groups in total. The molecule has 0 aliphatic rings. The minimum Gasteiger partial charge on any atom is -0.315 e. The third-order valence-corrected chi connectivity index (χ3v) is 2.10. The van der Waals surface area contributed by atoms with Crippen LogP contribution < -0.4 is 0 Å². The predicted octanol–water partition coefficient (Wildman–Crippen LogP) is 2.31. The van der Waals surface area contributed by atoms with E-state index in [4.69, 9.17) is 11.6 Å². The van der Waals surface area contributed by atoms with E-state index in [0.29, 0.717) is 10.7 Å². The van der Waals surface area contributed by atoms with Gasteiger partial charge in [0.05, 0.1) is 6.33 Å². The van der Waals surface area contributed by atoms with Gasteiger partial charge in [-0.05, 0) is 6.42 Å². The molecule has 0 aromatic carbocycles. The number of aromatic nitrogens is 4. The Bertz CT molecular complexity index is 426. The van der Waals surface area contributed by atoms with Crippen LogP contribution in [-0.2, 0) is 6.54 Å². The van der Waals surface area contributed by atoms with Gasteiger partial charge < -0.3 is 4.57 Å². The van der Waals surface area contributed by atoms with Gasteiger partial charge in [0, 0.05) is 6.54 Å². The molecule has 0 aliphatic carbocycles. The summed E-state index contributed by atoms with van der Waals surface area (Å²) >= 11 is 5.84. The van der Waals surface area contributed by atoms with Crippen LogP contribution in [0.1, 0.15) is 13.3 Å². The summed E-state index contributed by atoms with van der Waals surface area (Å²) in [4.78, 5) is 12.1. The minimum absolute atomic E-state index is 0. The highest BCUT2D eigenvalue weighted by Crippen LogP contribution is 2.16. The van der Waals surface area contributed by atoms with E-state index in [2.05, 4.69) is 21.9 Å². The Labute approximate surface area is 92.7 Å².